The second kappa shape index (κ2) is 5.50. The standard InChI is InChI=1S/C14H13F2NO3/c1-2-20-13(19)14(15,16)12(18)10-7-3-5-9-6-4-8-17-11(9)10/h3-8,12,18H,2H2,1H3. The number of aromatic nitrogens is 1. The van der Waals surface area contributed by atoms with Gasteiger partial charge in [-0.05, 0) is 13.0 Å². The highest BCUT2D eigenvalue weighted by Gasteiger charge is 2.49. The van der Waals surface area contributed by atoms with Gasteiger partial charge in [-0.3, -0.25) is 4.98 Å². The third-order valence-electron chi connectivity index (χ3n) is 2.85. The van der Waals surface area contributed by atoms with Gasteiger partial charge in [0.1, 0.15) is 0 Å². The van der Waals surface area contributed by atoms with Crippen LogP contribution in [-0.2, 0) is 9.53 Å². The smallest absolute Gasteiger partial charge is 0.380 e. The summed E-state index contributed by atoms with van der Waals surface area (Å²) >= 11 is 0. The number of carbonyl (C=O) groups excluding carboxylic acids is 1. The molecule has 0 bridgehead atoms. The molecule has 0 aliphatic rings. The molecule has 1 N–H and O–H groups in total. The van der Waals surface area contributed by atoms with Crippen molar-refractivity contribution in [1.82, 2.24) is 4.98 Å². The Morgan fingerprint density at radius 3 is 2.80 bits per heavy atom. The fourth-order valence-corrected chi connectivity index (χ4v) is 1.88. The zero-order chi connectivity index (χ0) is 14.8. The van der Waals surface area contributed by atoms with Crippen molar-refractivity contribution < 1.29 is 23.4 Å². The Kier molecular flexibility index (Phi) is 3.94. The molecule has 1 aromatic heterocycles. The average Bonchev–Trinajstić information content (AvgIpc) is 2.46. The lowest BCUT2D eigenvalue weighted by Gasteiger charge is -2.21. The maximum Gasteiger partial charge on any atom is 0.380 e. The van der Waals surface area contributed by atoms with Crippen LogP contribution < -0.4 is 0 Å². The second-order valence-electron chi connectivity index (χ2n) is 4.17. The Morgan fingerprint density at radius 2 is 2.10 bits per heavy atom. The minimum absolute atomic E-state index is 0.110. The lowest BCUT2D eigenvalue weighted by Crippen LogP contribution is -2.37. The summed E-state index contributed by atoms with van der Waals surface area (Å²) in [6.45, 7) is 1.23. The molecule has 20 heavy (non-hydrogen) atoms. The van der Waals surface area contributed by atoms with E-state index in [1.807, 2.05) is 0 Å². The number of esters is 1. The van der Waals surface area contributed by atoms with Gasteiger partial charge in [0, 0.05) is 17.1 Å². The van der Waals surface area contributed by atoms with E-state index in [0.29, 0.717) is 5.39 Å². The maximum atomic E-state index is 13.9. The molecule has 4 nitrogen and oxygen atoms in total. The van der Waals surface area contributed by atoms with Gasteiger partial charge in [-0.1, -0.05) is 24.3 Å². The average molecular weight is 281 g/mol. The molecular weight excluding hydrogens is 268 g/mol. The van der Waals surface area contributed by atoms with Crippen LogP contribution in [0.25, 0.3) is 10.9 Å². The number of halogens is 2. The number of benzene rings is 1. The minimum Gasteiger partial charge on any atom is -0.461 e. The van der Waals surface area contributed by atoms with Crippen LogP contribution in [-0.4, -0.2) is 28.6 Å². The molecule has 0 aliphatic heterocycles. The molecule has 0 radical (unpaired) electrons. The van der Waals surface area contributed by atoms with Gasteiger partial charge in [0.2, 0.25) is 0 Å². The van der Waals surface area contributed by atoms with E-state index < -0.39 is 18.0 Å². The molecule has 1 atom stereocenters. The highest BCUT2D eigenvalue weighted by atomic mass is 19.3. The molecule has 6 heteroatoms. The first-order valence-electron chi connectivity index (χ1n) is 6.05. The van der Waals surface area contributed by atoms with E-state index in [1.54, 1.807) is 18.2 Å². The van der Waals surface area contributed by atoms with Crippen molar-refractivity contribution in [2.24, 2.45) is 0 Å². The van der Waals surface area contributed by atoms with E-state index in [0.717, 1.165) is 0 Å². The Labute approximate surface area is 114 Å². The number of ether oxygens (including phenoxy) is 1. The molecule has 0 amide bonds. The summed E-state index contributed by atoms with van der Waals surface area (Å²) in [4.78, 5) is 15.2. The molecule has 0 aliphatic carbocycles. The lowest BCUT2D eigenvalue weighted by molar-refractivity contribution is -0.189. The summed E-state index contributed by atoms with van der Waals surface area (Å²) in [5, 5.41) is 10.5. The van der Waals surface area contributed by atoms with Crippen molar-refractivity contribution >= 4 is 16.9 Å². The largest absolute Gasteiger partial charge is 0.461 e. The molecule has 2 rings (SSSR count). The van der Waals surface area contributed by atoms with Crippen molar-refractivity contribution in [1.29, 1.82) is 0 Å². The molecule has 0 fully saturated rings. The number of para-hydroxylation sites is 1. The van der Waals surface area contributed by atoms with Crippen LogP contribution in [0.1, 0.15) is 18.6 Å². The van der Waals surface area contributed by atoms with Crippen molar-refractivity contribution in [2.75, 3.05) is 6.61 Å². The summed E-state index contributed by atoms with van der Waals surface area (Å²) in [5.41, 5.74) is 0.118. The van der Waals surface area contributed by atoms with Crippen LogP contribution in [0, 0.1) is 0 Å². The van der Waals surface area contributed by atoms with E-state index in [9.17, 15) is 18.7 Å². The number of aliphatic hydroxyl groups excluding tert-OH is 1. The van der Waals surface area contributed by atoms with E-state index in [4.69, 9.17) is 0 Å². The summed E-state index contributed by atoms with van der Waals surface area (Å²) in [6, 6.07) is 7.85. The predicted molar refractivity (Wildman–Crippen MR) is 68.3 cm³/mol. The van der Waals surface area contributed by atoms with E-state index in [1.165, 1.54) is 25.3 Å². The number of carbonyl (C=O) groups is 1. The van der Waals surface area contributed by atoms with Crippen LogP contribution in [0.4, 0.5) is 8.78 Å². The first-order chi connectivity index (χ1) is 9.48. The minimum atomic E-state index is -4.03. The summed E-state index contributed by atoms with van der Waals surface area (Å²) in [5.74, 6) is -5.78. The Bertz CT molecular complexity index is 625. The van der Waals surface area contributed by atoms with Gasteiger partial charge >= 0.3 is 11.9 Å². The molecule has 0 saturated heterocycles. The van der Waals surface area contributed by atoms with Gasteiger partial charge in [0.15, 0.2) is 6.10 Å². The van der Waals surface area contributed by atoms with E-state index >= 15 is 0 Å². The lowest BCUT2D eigenvalue weighted by atomic mass is 10.0. The molecular formula is C14H13F2NO3. The van der Waals surface area contributed by atoms with E-state index in [2.05, 4.69) is 9.72 Å². The molecule has 2 aromatic rings. The Balaban J connectivity index is 2.45. The number of hydrogen-bond acceptors (Lipinski definition) is 4. The number of pyridine rings is 1. The second-order valence-corrected chi connectivity index (χ2v) is 4.17. The Morgan fingerprint density at radius 1 is 1.40 bits per heavy atom. The summed E-state index contributed by atoms with van der Waals surface area (Å²) in [7, 11) is 0. The van der Waals surface area contributed by atoms with Gasteiger partial charge in [-0.2, -0.15) is 8.78 Å². The topological polar surface area (TPSA) is 59.4 Å². The molecule has 1 unspecified atom stereocenters. The molecule has 1 aromatic carbocycles. The third kappa shape index (κ3) is 2.46. The molecule has 0 spiro atoms. The van der Waals surface area contributed by atoms with Crippen LogP contribution in [0.3, 0.4) is 0 Å². The normalized spacial score (nSPS) is 13.2. The predicted octanol–water partition coefficient (Wildman–Crippen LogP) is 2.47. The van der Waals surface area contributed by atoms with Gasteiger partial charge in [0.25, 0.3) is 0 Å². The van der Waals surface area contributed by atoms with Gasteiger partial charge < -0.3 is 9.84 Å². The number of aliphatic hydroxyl groups is 1. The van der Waals surface area contributed by atoms with Crippen LogP contribution in [0.15, 0.2) is 36.5 Å². The highest BCUT2D eigenvalue weighted by molar-refractivity contribution is 5.84. The summed E-state index contributed by atoms with van der Waals surface area (Å²) < 4.78 is 32.0. The van der Waals surface area contributed by atoms with Crippen LogP contribution in [0.5, 0.6) is 0 Å². The quantitative estimate of drug-likeness (QED) is 0.875. The first-order valence-corrected chi connectivity index (χ1v) is 6.05. The van der Waals surface area contributed by atoms with Crippen molar-refractivity contribution in [3.05, 3.63) is 42.1 Å². The number of alkyl halides is 2. The molecule has 0 saturated carbocycles. The zero-order valence-corrected chi connectivity index (χ0v) is 10.7. The SMILES string of the molecule is CCOC(=O)C(F)(F)C(O)c1cccc2cccnc12. The number of rotatable bonds is 4. The zero-order valence-electron chi connectivity index (χ0n) is 10.7. The third-order valence-corrected chi connectivity index (χ3v) is 2.85. The Hall–Kier alpha value is -2.08. The van der Waals surface area contributed by atoms with Crippen molar-refractivity contribution in [3.8, 4) is 0 Å². The van der Waals surface area contributed by atoms with Crippen LogP contribution in [0.2, 0.25) is 0 Å². The van der Waals surface area contributed by atoms with Crippen LogP contribution >= 0.6 is 0 Å². The highest BCUT2D eigenvalue weighted by Crippen LogP contribution is 2.35. The van der Waals surface area contributed by atoms with Gasteiger partial charge in [-0.25, -0.2) is 4.79 Å². The van der Waals surface area contributed by atoms with Gasteiger partial charge in [-0.15, -0.1) is 0 Å². The van der Waals surface area contributed by atoms with E-state index in [-0.39, 0.29) is 17.7 Å². The monoisotopic (exact) mass is 281 g/mol. The van der Waals surface area contributed by atoms with Crippen molar-refractivity contribution in [2.45, 2.75) is 19.0 Å². The first kappa shape index (κ1) is 14.3. The summed E-state index contributed by atoms with van der Waals surface area (Å²) in [6.07, 6.45) is -0.874. The maximum absolute atomic E-state index is 13.9. The molecule has 106 valence electrons. The molecule has 1 heterocycles. The number of fused-ring (bicyclic) bond motifs is 1. The van der Waals surface area contributed by atoms with Crippen molar-refractivity contribution in [3.63, 3.8) is 0 Å². The fourth-order valence-electron chi connectivity index (χ4n) is 1.88. The van der Waals surface area contributed by atoms with Gasteiger partial charge in [0.05, 0.1) is 12.1 Å². The number of hydrogen-bond donors (Lipinski definition) is 1. The number of nitrogens with zero attached hydrogens (tertiary/aromatic N) is 1. The fraction of sp³-hybridized carbons (Fsp3) is 0.286.